The molecule has 4 aromatic heterocycles. The van der Waals surface area contributed by atoms with Crippen LogP contribution in [0.3, 0.4) is 0 Å². The molecule has 0 spiro atoms. The minimum absolute atomic E-state index is 0.0338. The summed E-state index contributed by atoms with van der Waals surface area (Å²) in [5.74, 6) is 1.37. The van der Waals surface area contributed by atoms with Gasteiger partial charge in [0.25, 0.3) is 0 Å². The largest absolute Gasteiger partial charge is 0.481 e. The van der Waals surface area contributed by atoms with E-state index < -0.39 is 27.4 Å². The summed E-state index contributed by atoms with van der Waals surface area (Å²) in [5.41, 5.74) is 1.27. The lowest BCUT2D eigenvalue weighted by Crippen LogP contribution is -2.35. The van der Waals surface area contributed by atoms with Crippen LogP contribution >= 0.6 is 0 Å². The third-order valence-corrected chi connectivity index (χ3v) is 7.43. The zero-order valence-corrected chi connectivity index (χ0v) is 22.7. The van der Waals surface area contributed by atoms with E-state index in [4.69, 9.17) is 14.0 Å². The lowest BCUT2D eigenvalue weighted by molar-refractivity contribution is 0.00152. The average molecular weight is 543 g/mol. The van der Waals surface area contributed by atoms with E-state index in [1.165, 1.54) is 20.2 Å². The number of aromatic nitrogens is 7. The summed E-state index contributed by atoms with van der Waals surface area (Å²) in [6, 6.07) is 6.30. The second kappa shape index (κ2) is 11.2. The molecule has 0 aromatic carbocycles. The third kappa shape index (κ3) is 5.81. The highest BCUT2D eigenvalue weighted by atomic mass is 32.2. The van der Waals surface area contributed by atoms with Crippen LogP contribution in [0.15, 0.2) is 47.4 Å². The maximum atomic E-state index is 13.7. The first-order valence-corrected chi connectivity index (χ1v) is 13.5. The van der Waals surface area contributed by atoms with Gasteiger partial charge in [0.15, 0.2) is 17.4 Å². The molecule has 4 rings (SSSR count). The summed E-state index contributed by atoms with van der Waals surface area (Å²) in [6.45, 7) is 8.82. The van der Waals surface area contributed by atoms with E-state index in [2.05, 4.69) is 35.0 Å². The highest BCUT2D eigenvalue weighted by molar-refractivity contribution is 7.93. The predicted octanol–water partition coefficient (Wildman–Crippen LogP) is 3.34. The second-order valence-corrected chi connectivity index (χ2v) is 11.0. The van der Waals surface area contributed by atoms with E-state index >= 15 is 0 Å². The number of pyridine rings is 1. The third-order valence-electron chi connectivity index (χ3n) is 5.74. The van der Waals surface area contributed by atoms with E-state index in [9.17, 15) is 8.42 Å². The van der Waals surface area contributed by atoms with Crippen LogP contribution in [0.25, 0.3) is 11.5 Å². The fourth-order valence-corrected chi connectivity index (χ4v) is 4.82. The van der Waals surface area contributed by atoms with Crippen molar-refractivity contribution in [1.29, 1.82) is 0 Å². The SMILES string of the molecule is COc1cccc(-c2nnc(NS(=O)(=O)C(C)C(OC(C)C)c3ncc(C)cn3)n2C(C)c2ccno2)n1. The highest BCUT2D eigenvalue weighted by Crippen LogP contribution is 2.31. The normalized spacial score (nSPS) is 14.3. The minimum atomic E-state index is -4.09. The molecule has 3 atom stereocenters. The van der Waals surface area contributed by atoms with Crippen molar-refractivity contribution in [2.24, 2.45) is 0 Å². The molecule has 0 aliphatic carbocycles. The van der Waals surface area contributed by atoms with Crippen molar-refractivity contribution in [2.45, 2.75) is 58.1 Å². The van der Waals surface area contributed by atoms with Crippen molar-refractivity contribution in [3.63, 3.8) is 0 Å². The Hall–Kier alpha value is -3.91. The van der Waals surface area contributed by atoms with Crippen molar-refractivity contribution >= 4 is 16.0 Å². The number of ether oxygens (including phenoxy) is 2. The van der Waals surface area contributed by atoms with Crippen LogP contribution in [-0.4, -0.2) is 61.8 Å². The van der Waals surface area contributed by atoms with E-state index in [0.717, 1.165) is 5.56 Å². The van der Waals surface area contributed by atoms with Gasteiger partial charge in [-0.15, -0.1) is 10.2 Å². The van der Waals surface area contributed by atoms with Crippen LogP contribution in [0.4, 0.5) is 5.95 Å². The molecule has 4 heterocycles. The maximum Gasteiger partial charge on any atom is 0.240 e. The van der Waals surface area contributed by atoms with Gasteiger partial charge in [-0.25, -0.2) is 23.4 Å². The number of hydrogen-bond acceptors (Lipinski definition) is 11. The van der Waals surface area contributed by atoms with Gasteiger partial charge < -0.3 is 14.0 Å². The van der Waals surface area contributed by atoms with E-state index in [0.29, 0.717) is 23.2 Å². The van der Waals surface area contributed by atoms with Crippen molar-refractivity contribution in [3.8, 4) is 17.4 Å². The molecule has 4 aromatic rings. The molecule has 1 N–H and O–H groups in total. The van der Waals surface area contributed by atoms with Crippen molar-refractivity contribution < 1.29 is 22.4 Å². The molecule has 38 heavy (non-hydrogen) atoms. The molecular formula is C24H30N8O5S. The molecule has 14 heteroatoms. The van der Waals surface area contributed by atoms with E-state index in [-0.39, 0.29) is 17.9 Å². The molecule has 0 radical (unpaired) electrons. The Kier molecular flexibility index (Phi) is 8.02. The second-order valence-electron chi connectivity index (χ2n) is 8.95. The van der Waals surface area contributed by atoms with Crippen molar-refractivity contribution in [1.82, 2.24) is 34.9 Å². The Morgan fingerprint density at radius 2 is 1.79 bits per heavy atom. The van der Waals surface area contributed by atoms with E-state index in [1.807, 2.05) is 20.8 Å². The number of hydrogen-bond donors (Lipinski definition) is 1. The van der Waals surface area contributed by atoms with Crippen LogP contribution in [0.2, 0.25) is 0 Å². The number of nitrogens with one attached hydrogen (secondary N) is 1. The summed E-state index contributed by atoms with van der Waals surface area (Å²) in [6.07, 6.45) is 3.53. The molecule has 0 bridgehead atoms. The number of rotatable bonds is 11. The summed E-state index contributed by atoms with van der Waals surface area (Å²) in [7, 11) is -2.59. The lowest BCUT2D eigenvalue weighted by Gasteiger charge is -2.25. The smallest absolute Gasteiger partial charge is 0.240 e. The van der Waals surface area contributed by atoms with Crippen LogP contribution in [0.5, 0.6) is 5.88 Å². The molecule has 13 nitrogen and oxygen atoms in total. The van der Waals surface area contributed by atoms with Gasteiger partial charge in [0.05, 0.1) is 25.5 Å². The van der Waals surface area contributed by atoms with Crippen LogP contribution in [-0.2, 0) is 14.8 Å². The molecule has 3 unspecified atom stereocenters. The van der Waals surface area contributed by atoms with Gasteiger partial charge in [0.2, 0.25) is 21.9 Å². The minimum Gasteiger partial charge on any atom is -0.481 e. The topological polar surface area (TPSA) is 160 Å². The lowest BCUT2D eigenvalue weighted by atomic mass is 10.2. The Morgan fingerprint density at radius 3 is 2.42 bits per heavy atom. The highest BCUT2D eigenvalue weighted by Gasteiger charge is 2.36. The number of aryl methyl sites for hydroxylation is 1. The van der Waals surface area contributed by atoms with Crippen molar-refractivity contribution in [2.75, 3.05) is 11.8 Å². The fourth-order valence-electron chi connectivity index (χ4n) is 3.73. The maximum absolute atomic E-state index is 13.7. The van der Waals surface area contributed by atoms with Crippen LogP contribution in [0.1, 0.15) is 57.0 Å². The zero-order chi connectivity index (χ0) is 27.4. The van der Waals surface area contributed by atoms with E-state index in [1.54, 1.807) is 48.1 Å². The number of sulfonamides is 1. The van der Waals surface area contributed by atoms with Gasteiger partial charge in [-0.1, -0.05) is 11.2 Å². The number of anilines is 1. The molecule has 202 valence electrons. The van der Waals surface area contributed by atoms with Gasteiger partial charge in [-0.2, -0.15) is 0 Å². The first-order valence-electron chi connectivity index (χ1n) is 11.9. The standard InChI is InChI=1S/C24H30N8O5S/c1-14(2)36-21(22-25-12-15(3)13-26-22)17(5)38(33,34)31-24-30-29-23(18-8-7-9-20(28-18)35-6)32(24)16(4)19-10-11-27-37-19/h7-14,16-17,21H,1-6H3,(H,30,31). The molecule has 0 aliphatic heterocycles. The Morgan fingerprint density at radius 1 is 1.05 bits per heavy atom. The fraction of sp³-hybridized carbons (Fsp3) is 0.417. The van der Waals surface area contributed by atoms with Gasteiger partial charge >= 0.3 is 0 Å². The molecule has 0 amide bonds. The molecule has 0 fully saturated rings. The summed E-state index contributed by atoms with van der Waals surface area (Å²) in [5, 5.41) is 11.1. The molecule has 0 saturated heterocycles. The monoisotopic (exact) mass is 542 g/mol. The Bertz CT molecular complexity index is 1460. The predicted molar refractivity (Wildman–Crippen MR) is 138 cm³/mol. The number of nitrogens with zero attached hydrogens (tertiary/aromatic N) is 7. The Balaban J connectivity index is 1.74. The van der Waals surface area contributed by atoms with Gasteiger partial charge in [0.1, 0.15) is 17.0 Å². The first-order chi connectivity index (χ1) is 18.1. The van der Waals surface area contributed by atoms with Crippen LogP contribution < -0.4 is 9.46 Å². The number of methoxy groups -OCH3 is 1. The van der Waals surface area contributed by atoms with Gasteiger partial charge in [-0.3, -0.25) is 9.29 Å². The van der Waals surface area contributed by atoms with Crippen LogP contribution in [0, 0.1) is 6.92 Å². The molecule has 0 aliphatic rings. The molecule has 0 saturated carbocycles. The first kappa shape index (κ1) is 27.1. The summed E-state index contributed by atoms with van der Waals surface area (Å²) >= 11 is 0. The average Bonchev–Trinajstić information content (AvgIpc) is 3.57. The quantitative estimate of drug-likeness (QED) is 0.296. The molecular weight excluding hydrogens is 512 g/mol. The summed E-state index contributed by atoms with van der Waals surface area (Å²) in [4.78, 5) is 13.1. The van der Waals surface area contributed by atoms with Crippen molar-refractivity contribution in [3.05, 3.63) is 60.0 Å². The zero-order valence-electron chi connectivity index (χ0n) is 21.9. The Labute approximate surface area is 220 Å². The van der Waals surface area contributed by atoms with Gasteiger partial charge in [-0.05, 0) is 46.2 Å². The van der Waals surface area contributed by atoms with Gasteiger partial charge in [0, 0.05) is 24.5 Å². The summed E-state index contributed by atoms with van der Waals surface area (Å²) < 4.78 is 48.1.